The van der Waals surface area contributed by atoms with E-state index in [1.54, 1.807) is 19.2 Å². The summed E-state index contributed by atoms with van der Waals surface area (Å²) in [5.74, 6) is 1.21. The van der Waals surface area contributed by atoms with E-state index in [4.69, 9.17) is 4.74 Å². The molecule has 0 radical (unpaired) electrons. The van der Waals surface area contributed by atoms with Crippen LogP contribution in [-0.2, 0) is 13.2 Å². The van der Waals surface area contributed by atoms with Gasteiger partial charge >= 0.3 is 0 Å². The highest BCUT2D eigenvalue weighted by molar-refractivity contribution is 14.0. The summed E-state index contributed by atoms with van der Waals surface area (Å²) in [5, 5.41) is 16.0. The SMILES string of the molecule is CCNC(=NCc1ccc(F)c(CO)c1)NC1CCN(c2ccccc2OC)C1.I. The number of guanidine groups is 1. The molecule has 0 bridgehead atoms. The second kappa shape index (κ2) is 11.9. The van der Waals surface area contributed by atoms with Crippen LogP contribution in [-0.4, -0.2) is 43.9 Å². The van der Waals surface area contributed by atoms with Crippen molar-refractivity contribution in [3.05, 3.63) is 59.4 Å². The minimum Gasteiger partial charge on any atom is -0.495 e. The molecule has 1 atom stereocenters. The number of rotatable bonds is 7. The molecule has 0 aliphatic carbocycles. The van der Waals surface area contributed by atoms with Crippen molar-refractivity contribution in [2.75, 3.05) is 31.6 Å². The Morgan fingerprint density at radius 2 is 2.10 bits per heavy atom. The van der Waals surface area contributed by atoms with Crippen molar-refractivity contribution in [2.45, 2.75) is 32.5 Å². The fourth-order valence-corrected chi connectivity index (χ4v) is 3.52. The molecule has 6 nitrogen and oxygen atoms in total. The Kier molecular flexibility index (Phi) is 9.64. The first kappa shape index (κ1) is 24.2. The van der Waals surface area contributed by atoms with Gasteiger partial charge in [0, 0.05) is 31.2 Å². The molecule has 0 saturated carbocycles. The number of methoxy groups -OCH3 is 1. The second-order valence-electron chi connectivity index (χ2n) is 7.03. The molecule has 3 rings (SSSR count). The number of anilines is 1. The number of para-hydroxylation sites is 2. The highest BCUT2D eigenvalue weighted by atomic mass is 127. The van der Waals surface area contributed by atoms with Crippen LogP contribution in [0.15, 0.2) is 47.5 Å². The van der Waals surface area contributed by atoms with Gasteiger partial charge in [0.1, 0.15) is 11.6 Å². The Bertz CT molecular complexity index is 850. The fraction of sp³-hybridized carbons (Fsp3) is 0.409. The summed E-state index contributed by atoms with van der Waals surface area (Å²) in [7, 11) is 1.69. The van der Waals surface area contributed by atoms with Gasteiger partial charge in [-0.15, -0.1) is 24.0 Å². The molecule has 1 unspecified atom stereocenters. The minimum absolute atomic E-state index is 0. The minimum atomic E-state index is -0.396. The van der Waals surface area contributed by atoms with Crippen LogP contribution in [0, 0.1) is 5.82 Å². The lowest BCUT2D eigenvalue weighted by atomic mass is 10.1. The number of nitrogens with zero attached hydrogens (tertiary/aromatic N) is 2. The number of nitrogens with one attached hydrogen (secondary N) is 2. The van der Waals surface area contributed by atoms with Crippen LogP contribution in [0.2, 0.25) is 0 Å². The number of benzene rings is 2. The normalized spacial score (nSPS) is 16.2. The van der Waals surface area contributed by atoms with Crippen molar-refractivity contribution in [3.8, 4) is 5.75 Å². The highest BCUT2D eigenvalue weighted by Gasteiger charge is 2.25. The average Bonchev–Trinajstić information content (AvgIpc) is 3.21. The number of aliphatic hydroxyl groups is 1. The molecule has 1 fully saturated rings. The first-order valence-corrected chi connectivity index (χ1v) is 9.95. The van der Waals surface area contributed by atoms with Gasteiger partial charge in [-0.1, -0.05) is 18.2 Å². The summed E-state index contributed by atoms with van der Waals surface area (Å²) >= 11 is 0. The lowest BCUT2D eigenvalue weighted by Gasteiger charge is -2.22. The summed E-state index contributed by atoms with van der Waals surface area (Å²) in [6.07, 6.45) is 0.994. The Morgan fingerprint density at radius 1 is 1.30 bits per heavy atom. The summed E-state index contributed by atoms with van der Waals surface area (Å²) < 4.78 is 19.0. The van der Waals surface area contributed by atoms with Crippen molar-refractivity contribution in [1.29, 1.82) is 0 Å². The Labute approximate surface area is 194 Å². The molecule has 2 aromatic carbocycles. The van der Waals surface area contributed by atoms with Gasteiger partial charge < -0.3 is 25.4 Å². The van der Waals surface area contributed by atoms with Crippen LogP contribution in [0.1, 0.15) is 24.5 Å². The molecule has 1 aliphatic rings. The van der Waals surface area contributed by atoms with Crippen molar-refractivity contribution in [1.82, 2.24) is 10.6 Å². The molecule has 3 N–H and O–H groups in total. The molecular formula is C22H30FIN4O2. The van der Waals surface area contributed by atoms with Gasteiger partial charge in [-0.25, -0.2) is 9.38 Å². The third-order valence-electron chi connectivity index (χ3n) is 5.00. The van der Waals surface area contributed by atoms with Gasteiger partial charge in [0.05, 0.1) is 25.9 Å². The van der Waals surface area contributed by atoms with E-state index in [2.05, 4.69) is 26.6 Å². The zero-order chi connectivity index (χ0) is 20.6. The lowest BCUT2D eigenvalue weighted by Crippen LogP contribution is -2.44. The standard InChI is InChI=1S/C22H29FN4O2.HI/c1-3-24-22(25-13-16-8-9-19(23)17(12-16)15-28)26-18-10-11-27(14-18)20-6-4-5-7-21(20)29-2;/h4-9,12,18,28H,3,10-11,13-15H2,1-2H3,(H2,24,25,26);1H. The topological polar surface area (TPSA) is 69.1 Å². The van der Waals surface area contributed by atoms with Crippen molar-refractivity contribution >= 4 is 35.6 Å². The van der Waals surface area contributed by atoms with Crippen LogP contribution in [0.4, 0.5) is 10.1 Å². The highest BCUT2D eigenvalue weighted by Crippen LogP contribution is 2.30. The van der Waals surface area contributed by atoms with Gasteiger partial charge in [-0.2, -0.15) is 0 Å². The Balaban J connectivity index is 0.00000320. The number of hydrogen-bond acceptors (Lipinski definition) is 4. The van der Waals surface area contributed by atoms with E-state index in [9.17, 15) is 9.50 Å². The average molecular weight is 528 g/mol. The van der Waals surface area contributed by atoms with Crippen molar-refractivity contribution in [2.24, 2.45) is 4.99 Å². The van der Waals surface area contributed by atoms with Crippen LogP contribution in [0.25, 0.3) is 0 Å². The number of aliphatic imine (C=N–C) groups is 1. The van der Waals surface area contributed by atoms with E-state index >= 15 is 0 Å². The predicted octanol–water partition coefficient (Wildman–Crippen LogP) is 3.28. The quantitative estimate of drug-likeness (QED) is 0.293. The summed E-state index contributed by atoms with van der Waals surface area (Å²) in [6, 6.07) is 13.0. The molecule has 1 heterocycles. The van der Waals surface area contributed by atoms with Crippen LogP contribution in [0.3, 0.4) is 0 Å². The maximum Gasteiger partial charge on any atom is 0.191 e. The maximum absolute atomic E-state index is 13.6. The first-order chi connectivity index (χ1) is 14.1. The monoisotopic (exact) mass is 528 g/mol. The molecule has 0 spiro atoms. The molecule has 8 heteroatoms. The van der Waals surface area contributed by atoms with E-state index in [1.807, 2.05) is 25.1 Å². The number of hydrogen-bond donors (Lipinski definition) is 3. The van der Waals surface area contributed by atoms with Gasteiger partial charge in [-0.3, -0.25) is 0 Å². The molecule has 1 aliphatic heterocycles. The molecule has 164 valence electrons. The summed E-state index contributed by atoms with van der Waals surface area (Å²) in [4.78, 5) is 6.94. The third kappa shape index (κ3) is 6.21. The van der Waals surface area contributed by atoms with Gasteiger partial charge in [0.25, 0.3) is 0 Å². The molecule has 1 saturated heterocycles. The second-order valence-corrected chi connectivity index (χ2v) is 7.03. The van der Waals surface area contributed by atoms with Crippen LogP contribution in [0.5, 0.6) is 5.75 Å². The maximum atomic E-state index is 13.6. The first-order valence-electron chi connectivity index (χ1n) is 9.95. The van der Waals surface area contributed by atoms with Crippen molar-refractivity contribution < 1.29 is 14.2 Å². The predicted molar refractivity (Wildman–Crippen MR) is 129 cm³/mol. The lowest BCUT2D eigenvalue weighted by molar-refractivity contribution is 0.275. The third-order valence-corrected chi connectivity index (χ3v) is 5.00. The zero-order valence-corrected chi connectivity index (χ0v) is 19.7. The molecule has 30 heavy (non-hydrogen) atoms. The Hall–Kier alpha value is -2.07. The smallest absolute Gasteiger partial charge is 0.191 e. The van der Waals surface area contributed by atoms with Gasteiger partial charge in [0.2, 0.25) is 0 Å². The van der Waals surface area contributed by atoms with Crippen molar-refractivity contribution in [3.63, 3.8) is 0 Å². The number of halogens is 2. The molecule has 0 amide bonds. The van der Waals surface area contributed by atoms with Crippen LogP contribution < -0.4 is 20.3 Å². The largest absolute Gasteiger partial charge is 0.495 e. The van der Waals surface area contributed by atoms with E-state index in [0.29, 0.717) is 12.1 Å². The van der Waals surface area contributed by atoms with E-state index < -0.39 is 5.82 Å². The number of aliphatic hydroxyl groups excluding tert-OH is 1. The molecule has 0 aromatic heterocycles. The zero-order valence-electron chi connectivity index (χ0n) is 17.4. The Morgan fingerprint density at radius 3 is 2.83 bits per heavy atom. The fourth-order valence-electron chi connectivity index (χ4n) is 3.52. The van der Waals surface area contributed by atoms with Crippen LogP contribution >= 0.6 is 24.0 Å². The van der Waals surface area contributed by atoms with Gasteiger partial charge in [0.15, 0.2) is 5.96 Å². The summed E-state index contributed by atoms with van der Waals surface area (Å²) in [6.45, 7) is 4.66. The van der Waals surface area contributed by atoms with E-state index in [1.165, 1.54) is 6.07 Å². The molecular weight excluding hydrogens is 498 g/mol. The number of ether oxygens (including phenoxy) is 1. The van der Waals surface area contributed by atoms with E-state index in [-0.39, 0.29) is 36.6 Å². The van der Waals surface area contributed by atoms with E-state index in [0.717, 1.165) is 49.0 Å². The van der Waals surface area contributed by atoms with Gasteiger partial charge in [-0.05, 0) is 43.2 Å². The summed E-state index contributed by atoms with van der Waals surface area (Å²) in [5.41, 5.74) is 2.25. The molecule has 2 aromatic rings.